The summed E-state index contributed by atoms with van der Waals surface area (Å²) in [6.45, 7) is 1.74. The third kappa shape index (κ3) is 3.22. The standard InChI is InChI=1S/C21H22FN5O2/c1-12-8-20(29)27-21(23-12)24-18(25-27)11-19(28)26-16-6-7-17(26)10-14(9-16)13-2-4-15(22)5-3-13/h2-5,8,14,16-17H,6-7,9-11H2,1H3,(H,23,24,25). The average molecular weight is 395 g/mol. The molecule has 2 saturated heterocycles. The van der Waals surface area contributed by atoms with Gasteiger partial charge in [-0.25, -0.2) is 9.37 Å². The molecule has 29 heavy (non-hydrogen) atoms. The number of nitrogens with one attached hydrogen (secondary N) is 1. The Bertz CT molecular complexity index is 1120. The highest BCUT2D eigenvalue weighted by atomic mass is 19.1. The summed E-state index contributed by atoms with van der Waals surface area (Å²) in [6.07, 6.45) is 3.90. The topological polar surface area (TPSA) is 83.4 Å². The van der Waals surface area contributed by atoms with Crippen LogP contribution in [0.4, 0.5) is 4.39 Å². The van der Waals surface area contributed by atoms with Gasteiger partial charge in [0.1, 0.15) is 11.6 Å². The lowest BCUT2D eigenvalue weighted by Gasteiger charge is -2.39. The van der Waals surface area contributed by atoms with Crippen molar-refractivity contribution < 1.29 is 9.18 Å². The van der Waals surface area contributed by atoms with Crippen molar-refractivity contribution in [3.63, 3.8) is 0 Å². The third-order valence-electron chi connectivity index (χ3n) is 6.19. The van der Waals surface area contributed by atoms with Crippen LogP contribution in [0.2, 0.25) is 0 Å². The van der Waals surface area contributed by atoms with Crippen LogP contribution < -0.4 is 5.56 Å². The van der Waals surface area contributed by atoms with Crippen LogP contribution in [0.25, 0.3) is 5.78 Å². The molecule has 2 bridgehead atoms. The van der Waals surface area contributed by atoms with Gasteiger partial charge in [-0.05, 0) is 56.2 Å². The molecule has 4 heterocycles. The number of rotatable bonds is 3. The number of carbonyl (C=O) groups excluding carboxylic acids is 1. The first-order valence-corrected chi connectivity index (χ1v) is 10.00. The van der Waals surface area contributed by atoms with Gasteiger partial charge in [0.15, 0.2) is 0 Å². The van der Waals surface area contributed by atoms with Gasteiger partial charge >= 0.3 is 0 Å². The van der Waals surface area contributed by atoms with E-state index in [2.05, 4.69) is 15.1 Å². The zero-order valence-electron chi connectivity index (χ0n) is 16.1. The largest absolute Gasteiger partial charge is 0.336 e. The Morgan fingerprint density at radius 1 is 1.17 bits per heavy atom. The molecule has 2 atom stereocenters. The number of amides is 1. The van der Waals surface area contributed by atoms with E-state index in [1.54, 1.807) is 6.92 Å². The van der Waals surface area contributed by atoms with E-state index in [1.807, 2.05) is 17.0 Å². The second-order valence-electron chi connectivity index (χ2n) is 8.12. The van der Waals surface area contributed by atoms with E-state index < -0.39 is 0 Å². The first kappa shape index (κ1) is 18.0. The van der Waals surface area contributed by atoms with Gasteiger partial charge in [0.25, 0.3) is 11.3 Å². The molecule has 2 aliphatic heterocycles. The summed E-state index contributed by atoms with van der Waals surface area (Å²) in [5.74, 6) is 0.896. The second kappa shape index (κ2) is 6.79. The monoisotopic (exact) mass is 395 g/mol. The van der Waals surface area contributed by atoms with E-state index in [4.69, 9.17) is 0 Å². The molecule has 7 nitrogen and oxygen atoms in total. The maximum atomic E-state index is 13.2. The first-order chi connectivity index (χ1) is 14.0. The number of aromatic nitrogens is 4. The van der Waals surface area contributed by atoms with Gasteiger partial charge < -0.3 is 4.90 Å². The Balaban J connectivity index is 1.33. The highest BCUT2D eigenvalue weighted by Gasteiger charge is 2.43. The van der Waals surface area contributed by atoms with Crippen molar-refractivity contribution in [1.82, 2.24) is 24.5 Å². The Kier molecular flexibility index (Phi) is 4.22. The van der Waals surface area contributed by atoms with Gasteiger partial charge in [-0.1, -0.05) is 12.1 Å². The molecule has 1 aromatic carbocycles. The number of carbonyl (C=O) groups is 1. The lowest BCUT2D eigenvalue weighted by Crippen LogP contribution is -2.46. The van der Waals surface area contributed by atoms with Crippen molar-refractivity contribution in [2.24, 2.45) is 0 Å². The Morgan fingerprint density at radius 2 is 1.86 bits per heavy atom. The van der Waals surface area contributed by atoms with Gasteiger partial charge in [0.2, 0.25) is 5.91 Å². The molecule has 5 rings (SSSR count). The van der Waals surface area contributed by atoms with E-state index in [1.165, 1.54) is 22.7 Å². The number of benzene rings is 1. The first-order valence-electron chi connectivity index (χ1n) is 10.00. The number of halogens is 1. The number of aromatic amines is 1. The minimum absolute atomic E-state index is 0.0267. The summed E-state index contributed by atoms with van der Waals surface area (Å²) in [5, 5.41) is 2.90. The third-order valence-corrected chi connectivity index (χ3v) is 6.19. The van der Waals surface area contributed by atoms with Crippen LogP contribution in [0.3, 0.4) is 0 Å². The molecule has 1 amide bonds. The zero-order chi connectivity index (χ0) is 20.1. The summed E-state index contributed by atoms with van der Waals surface area (Å²) in [4.78, 5) is 35.7. The Hall–Kier alpha value is -3.03. The highest BCUT2D eigenvalue weighted by molar-refractivity contribution is 5.79. The molecule has 0 radical (unpaired) electrons. The van der Waals surface area contributed by atoms with Crippen molar-refractivity contribution in [2.45, 2.75) is 57.0 Å². The van der Waals surface area contributed by atoms with Gasteiger partial charge in [0, 0.05) is 23.8 Å². The lowest BCUT2D eigenvalue weighted by molar-refractivity contribution is -0.135. The normalized spacial score (nSPS) is 23.7. The number of H-pyrrole nitrogens is 1. The molecule has 2 aromatic heterocycles. The minimum Gasteiger partial charge on any atom is -0.336 e. The fourth-order valence-electron chi connectivity index (χ4n) is 4.94. The van der Waals surface area contributed by atoms with Crippen LogP contribution in [0, 0.1) is 12.7 Å². The molecule has 0 spiro atoms. The minimum atomic E-state index is -0.237. The average Bonchev–Trinajstić information content (AvgIpc) is 3.20. The van der Waals surface area contributed by atoms with E-state index in [0.717, 1.165) is 31.2 Å². The van der Waals surface area contributed by atoms with Crippen LogP contribution in [0.5, 0.6) is 0 Å². The van der Waals surface area contributed by atoms with Crippen molar-refractivity contribution in [3.8, 4) is 0 Å². The van der Waals surface area contributed by atoms with E-state index >= 15 is 0 Å². The maximum Gasteiger partial charge on any atom is 0.274 e. The van der Waals surface area contributed by atoms with Gasteiger partial charge in [-0.15, -0.1) is 0 Å². The summed E-state index contributed by atoms with van der Waals surface area (Å²) < 4.78 is 14.5. The number of piperidine rings is 1. The zero-order valence-corrected chi connectivity index (χ0v) is 16.1. The van der Waals surface area contributed by atoms with Crippen LogP contribution in [0.15, 0.2) is 35.1 Å². The summed E-state index contributed by atoms with van der Waals surface area (Å²) in [7, 11) is 0. The van der Waals surface area contributed by atoms with E-state index in [9.17, 15) is 14.0 Å². The predicted molar refractivity (Wildman–Crippen MR) is 104 cm³/mol. The fourth-order valence-corrected chi connectivity index (χ4v) is 4.94. The predicted octanol–water partition coefficient (Wildman–Crippen LogP) is 2.34. The molecular formula is C21H22FN5O2. The summed E-state index contributed by atoms with van der Waals surface area (Å²) >= 11 is 0. The molecule has 8 heteroatoms. The van der Waals surface area contributed by atoms with Gasteiger partial charge in [-0.2, -0.15) is 9.50 Å². The molecule has 2 fully saturated rings. The number of nitrogens with zero attached hydrogens (tertiary/aromatic N) is 4. The Labute approximate surface area is 166 Å². The lowest BCUT2D eigenvalue weighted by atomic mass is 9.85. The molecule has 150 valence electrons. The molecule has 3 aromatic rings. The molecular weight excluding hydrogens is 373 g/mol. The molecule has 2 aliphatic rings. The SMILES string of the molecule is Cc1cc(=O)n2[nH]c(CC(=O)N3C4CCC3CC(c3ccc(F)cc3)C4)nc2n1. The summed E-state index contributed by atoms with van der Waals surface area (Å²) in [5.41, 5.74) is 1.51. The van der Waals surface area contributed by atoms with E-state index in [-0.39, 0.29) is 41.6 Å². The van der Waals surface area contributed by atoms with E-state index in [0.29, 0.717) is 17.4 Å². The van der Waals surface area contributed by atoms with Crippen molar-refractivity contribution in [3.05, 3.63) is 63.6 Å². The molecule has 0 aliphatic carbocycles. The van der Waals surface area contributed by atoms with Crippen molar-refractivity contribution in [2.75, 3.05) is 0 Å². The number of hydrogen-bond acceptors (Lipinski definition) is 4. The van der Waals surface area contributed by atoms with Crippen LogP contribution in [0.1, 0.15) is 48.7 Å². The molecule has 0 saturated carbocycles. The highest BCUT2D eigenvalue weighted by Crippen LogP contribution is 2.43. The quantitative estimate of drug-likeness (QED) is 0.738. The van der Waals surface area contributed by atoms with Gasteiger partial charge in [-0.3, -0.25) is 14.7 Å². The molecule has 1 N–H and O–H groups in total. The van der Waals surface area contributed by atoms with Crippen LogP contribution in [-0.2, 0) is 11.2 Å². The number of aryl methyl sites for hydroxylation is 1. The smallest absolute Gasteiger partial charge is 0.274 e. The number of fused-ring (bicyclic) bond motifs is 3. The van der Waals surface area contributed by atoms with Gasteiger partial charge in [0.05, 0.1) is 6.42 Å². The van der Waals surface area contributed by atoms with Crippen LogP contribution in [-0.4, -0.2) is 42.5 Å². The Morgan fingerprint density at radius 3 is 2.55 bits per heavy atom. The number of hydrogen-bond donors (Lipinski definition) is 1. The second-order valence-corrected chi connectivity index (χ2v) is 8.12. The maximum absolute atomic E-state index is 13.2. The van der Waals surface area contributed by atoms with Crippen molar-refractivity contribution >= 4 is 11.7 Å². The fraction of sp³-hybridized carbons (Fsp3) is 0.429. The van der Waals surface area contributed by atoms with Crippen molar-refractivity contribution in [1.29, 1.82) is 0 Å². The van der Waals surface area contributed by atoms with Crippen LogP contribution >= 0.6 is 0 Å². The molecule has 2 unspecified atom stereocenters. The summed E-state index contributed by atoms with van der Waals surface area (Å²) in [6, 6.07) is 8.56.